The quantitative estimate of drug-likeness (QED) is 0.725. The second kappa shape index (κ2) is 6.87. The summed E-state index contributed by atoms with van der Waals surface area (Å²) in [5.41, 5.74) is 0.498. The fraction of sp³-hybridized carbons (Fsp3) is 0.500. The zero-order valence-corrected chi connectivity index (χ0v) is 11.5. The molecule has 2 nitrogen and oxygen atoms in total. The average Bonchev–Trinajstić information content (AvgIpc) is 2.28. The van der Waals surface area contributed by atoms with E-state index in [9.17, 15) is 13.2 Å². The van der Waals surface area contributed by atoms with Gasteiger partial charge in [0.2, 0.25) is 0 Å². The zero-order chi connectivity index (χ0) is 13.6. The predicted octanol–water partition coefficient (Wildman–Crippen LogP) is 4.31. The molecule has 0 fully saturated rings. The van der Waals surface area contributed by atoms with E-state index in [-0.39, 0.29) is 18.1 Å². The maximum Gasteiger partial charge on any atom is 0.573 e. The van der Waals surface area contributed by atoms with E-state index < -0.39 is 6.36 Å². The fourth-order valence-corrected chi connectivity index (χ4v) is 1.80. The van der Waals surface area contributed by atoms with Gasteiger partial charge in [0.25, 0.3) is 0 Å². The summed E-state index contributed by atoms with van der Waals surface area (Å²) in [7, 11) is 0. The maximum absolute atomic E-state index is 12.4. The summed E-state index contributed by atoms with van der Waals surface area (Å²) in [5, 5.41) is 0.720. The first kappa shape index (κ1) is 15.1. The molecule has 0 heterocycles. The Hall–Kier alpha value is -0.910. The summed E-state index contributed by atoms with van der Waals surface area (Å²) in [4.78, 5) is 0. The molecule has 1 aromatic carbocycles. The SMILES string of the molecule is CCOc1cccc(CCCBr)c1OC(F)(F)F. The number of alkyl halides is 4. The van der Waals surface area contributed by atoms with Crippen LogP contribution >= 0.6 is 15.9 Å². The standard InChI is InChI=1S/C12H14BrF3O2/c1-2-17-10-7-3-5-9(6-4-8-13)11(10)18-12(14,15)16/h3,5,7H,2,4,6,8H2,1H3. The van der Waals surface area contributed by atoms with Crippen LogP contribution in [0.3, 0.4) is 0 Å². The highest BCUT2D eigenvalue weighted by Gasteiger charge is 2.33. The van der Waals surface area contributed by atoms with E-state index in [2.05, 4.69) is 20.7 Å². The number of hydrogen-bond donors (Lipinski definition) is 0. The number of rotatable bonds is 6. The van der Waals surface area contributed by atoms with Gasteiger partial charge < -0.3 is 9.47 Å². The Morgan fingerprint density at radius 1 is 1.28 bits per heavy atom. The van der Waals surface area contributed by atoms with Crippen LogP contribution in [0.15, 0.2) is 18.2 Å². The van der Waals surface area contributed by atoms with Gasteiger partial charge >= 0.3 is 6.36 Å². The normalized spacial score (nSPS) is 11.4. The number of halogens is 4. The molecule has 0 spiro atoms. The lowest BCUT2D eigenvalue weighted by Crippen LogP contribution is -2.19. The monoisotopic (exact) mass is 326 g/mol. The smallest absolute Gasteiger partial charge is 0.490 e. The Morgan fingerprint density at radius 2 is 2.00 bits per heavy atom. The summed E-state index contributed by atoms with van der Waals surface area (Å²) >= 11 is 3.25. The summed E-state index contributed by atoms with van der Waals surface area (Å²) in [6.07, 6.45) is -3.49. The van der Waals surface area contributed by atoms with Crippen molar-refractivity contribution in [2.75, 3.05) is 11.9 Å². The zero-order valence-electron chi connectivity index (χ0n) is 9.89. The fourth-order valence-electron chi connectivity index (χ4n) is 1.52. The molecule has 0 unspecified atom stereocenters. The number of para-hydroxylation sites is 1. The Morgan fingerprint density at radius 3 is 2.56 bits per heavy atom. The van der Waals surface area contributed by atoms with Crippen LogP contribution in [0.1, 0.15) is 18.9 Å². The van der Waals surface area contributed by atoms with E-state index in [0.717, 1.165) is 11.8 Å². The van der Waals surface area contributed by atoms with Crippen molar-refractivity contribution in [3.63, 3.8) is 0 Å². The highest BCUT2D eigenvalue weighted by atomic mass is 79.9. The van der Waals surface area contributed by atoms with Crippen molar-refractivity contribution >= 4 is 15.9 Å². The molecule has 6 heteroatoms. The van der Waals surface area contributed by atoms with Gasteiger partial charge in [-0.05, 0) is 31.4 Å². The molecule has 0 aliphatic carbocycles. The molecule has 0 aliphatic heterocycles. The van der Waals surface area contributed by atoms with Gasteiger partial charge in [-0.2, -0.15) is 0 Å². The van der Waals surface area contributed by atoms with Crippen LogP contribution in [0, 0.1) is 0 Å². The molecule has 0 aromatic heterocycles. The number of hydrogen-bond acceptors (Lipinski definition) is 2. The van der Waals surface area contributed by atoms with Crippen molar-refractivity contribution in [3.05, 3.63) is 23.8 Å². The van der Waals surface area contributed by atoms with E-state index in [1.165, 1.54) is 6.07 Å². The van der Waals surface area contributed by atoms with E-state index in [4.69, 9.17) is 4.74 Å². The summed E-state index contributed by atoms with van der Waals surface area (Å²) in [5.74, 6) is -0.102. The first-order valence-corrected chi connectivity index (χ1v) is 6.66. The average molecular weight is 327 g/mol. The van der Waals surface area contributed by atoms with Gasteiger partial charge in [-0.25, -0.2) is 0 Å². The van der Waals surface area contributed by atoms with Gasteiger partial charge in [0, 0.05) is 5.33 Å². The van der Waals surface area contributed by atoms with E-state index in [0.29, 0.717) is 12.0 Å². The molecule has 102 valence electrons. The lowest BCUT2D eigenvalue weighted by atomic mass is 10.1. The Kier molecular flexibility index (Phi) is 5.78. The van der Waals surface area contributed by atoms with Crippen LogP contribution in [0.2, 0.25) is 0 Å². The van der Waals surface area contributed by atoms with Gasteiger partial charge in [-0.15, -0.1) is 13.2 Å². The maximum atomic E-state index is 12.4. The van der Waals surface area contributed by atoms with E-state index in [1.807, 2.05) is 0 Å². The van der Waals surface area contributed by atoms with Crippen molar-refractivity contribution < 1.29 is 22.6 Å². The largest absolute Gasteiger partial charge is 0.573 e. The Balaban J connectivity index is 3.03. The lowest BCUT2D eigenvalue weighted by molar-refractivity contribution is -0.275. The topological polar surface area (TPSA) is 18.5 Å². The van der Waals surface area contributed by atoms with Crippen LogP contribution in [0.5, 0.6) is 11.5 Å². The second-order valence-electron chi connectivity index (χ2n) is 3.52. The van der Waals surface area contributed by atoms with Gasteiger partial charge in [-0.1, -0.05) is 28.1 Å². The van der Waals surface area contributed by atoms with Crippen molar-refractivity contribution in [2.45, 2.75) is 26.1 Å². The molecule has 0 saturated carbocycles. The molecular weight excluding hydrogens is 313 g/mol. The summed E-state index contributed by atoms with van der Waals surface area (Å²) in [6.45, 7) is 2.00. The third-order valence-electron chi connectivity index (χ3n) is 2.16. The minimum Gasteiger partial charge on any atom is -0.490 e. The van der Waals surface area contributed by atoms with Gasteiger partial charge in [0.15, 0.2) is 11.5 Å². The molecule has 0 bridgehead atoms. The minimum atomic E-state index is -4.71. The molecule has 0 radical (unpaired) electrons. The van der Waals surface area contributed by atoms with Gasteiger partial charge in [0.05, 0.1) is 6.61 Å². The molecule has 0 N–H and O–H groups in total. The van der Waals surface area contributed by atoms with Gasteiger partial charge in [0.1, 0.15) is 0 Å². The molecule has 0 aliphatic rings. The highest BCUT2D eigenvalue weighted by molar-refractivity contribution is 9.09. The van der Waals surface area contributed by atoms with Crippen LogP contribution in [-0.2, 0) is 6.42 Å². The number of ether oxygens (including phenoxy) is 2. The number of aryl methyl sites for hydroxylation is 1. The van der Waals surface area contributed by atoms with E-state index in [1.54, 1.807) is 19.1 Å². The van der Waals surface area contributed by atoms with Crippen molar-refractivity contribution in [1.82, 2.24) is 0 Å². The second-order valence-corrected chi connectivity index (χ2v) is 4.31. The Bertz CT molecular complexity index is 380. The molecule has 1 aromatic rings. The van der Waals surface area contributed by atoms with Crippen LogP contribution in [0.25, 0.3) is 0 Å². The van der Waals surface area contributed by atoms with Crippen molar-refractivity contribution in [1.29, 1.82) is 0 Å². The predicted molar refractivity (Wildman–Crippen MR) is 66.4 cm³/mol. The van der Waals surface area contributed by atoms with Crippen molar-refractivity contribution in [2.24, 2.45) is 0 Å². The lowest BCUT2D eigenvalue weighted by Gasteiger charge is -2.16. The first-order valence-electron chi connectivity index (χ1n) is 5.54. The minimum absolute atomic E-state index is 0.127. The van der Waals surface area contributed by atoms with E-state index >= 15 is 0 Å². The first-order chi connectivity index (χ1) is 8.48. The van der Waals surface area contributed by atoms with Gasteiger partial charge in [-0.3, -0.25) is 0 Å². The summed E-state index contributed by atoms with van der Waals surface area (Å²) in [6, 6.07) is 4.76. The third kappa shape index (κ3) is 4.76. The van der Waals surface area contributed by atoms with Crippen LogP contribution < -0.4 is 9.47 Å². The molecule has 0 saturated heterocycles. The third-order valence-corrected chi connectivity index (χ3v) is 2.72. The number of benzene rings is 1. The van der Waals surface area contributed by atoms with Crippen molar-refractivity contribution in [3.8, 4) is 11.5 Å². The molecular formula is C12H14BrF3O2. The highest BCUT2D eigenvalue weighted by Crippen LogP contribution is 2.36. The molecule has 1 rings (SSSR count). The molecule has 0 atom stereocenters. The van der Waals surface area contributed by atoms with Crippen LogP contribution in [-0.4, -0.2) is 18.3 Å². The molecule has 18 heavy (non-hydrogen) atoms. The summed E-state index contributed by atoms with van der Waals surface area (Å²) < 4.78 is 46.4. The molecule has 0 amide bonds. The Labute approximate surface area is 112 Å². The van der Waals surface area contributed by atoms with Crippen LogP contribution in [0.4, 0.5) is 13.2 Å².